The van der Waals surface area contributed by atoms with Crippen LogP contribution in [0.25, 0.3) is 0 Å². The summed E-state index contributed by atoms with van der Waals surface area (Å²) >= 11 is 0. The molecule has 1 saturated heterocycles. The molecule has 5 heterocycles. The normalized spacial score (nSPS) is 17.1. The number of amides is 3. The first-order valence-corrected chi connectivity index (χ1v) is 12.7. The van der Waals surface area contributed by atoms with Crippen molar-refractivity contribution in [1.29, 1.82) is 0 Å². The molecule has 1 aromatic carbocycles. The van der Waals surface area contributed by atoms with Crippen molar-refractivity contribution < 1.29 is 28.6 Å². The fraction of sp³-hybridized carbons (Fsp3) is 0.385. The molecular weight excluding hydrogens is 506 g/mol. The van der Waals surface area contributed by atoms with Crippen LogP contribution in [0.5, 0.6) is 17.2 Å². The van der Waals surface area contributed by atoms with Crippen molar-refractivity contribution in [1.82, 2.24) is 35.1 Å². The van der Waals surface area contributed by atoms with Crippen molar-refractivity contribution in [2.24, 2.45) is 0 Å². The summed E-state index contributed by atoms with van der Waals surface area (Å²) in [7, 11) is 1.52. The summed E-state index contributed by atoms with van der Waals surface area (Å²) in [5.41, 5.74) is 1.05. The number of para-hydroxylation sites is 1. The van der Waals surface area contributed by atoms with Gasteiger partial charge >= 0.3 is 0 Å². The molecule has 0 radical (unpaired) electrons. The Morgan fingerprint density at radius 1 is 0.974 bits per heavy atom. The molecule has 0 saturated carbocycles. The number of fused-ring (bicyclic) bond motifs is 9. The van der Waals surface area contributed by atoms with Crippen LogP contribution in [0.15, 0.2) is 42.7 Å². The van der Waals surface area contributed by atoms with Gasteiger partial charge in [0.15, 0.2) is 22.9 Å². The highest BCUT2D eigenvalue weighted by atomic mass is 16.5. The van der Waals surface area contributed by atoms with E-state index in [2.05, 4.69) is 20.6 Å². The molecule has 3 aliphatic heterocycles. The highest BCUT2D eigenvalue weighted by Crippen LogP contribution is 2.33. The minimum Gasteiger partial charge on any atom is -0.493 e. The van der Waals surface area contributed by atoms with E-state index in [9.17, 15) is 14.4 Å². The summed E-state index contributed by atoms with van der Waals surface area (Å²) in [6.45, 7) is 2.08. The van der Waals surface area contributed by atoms with Crippen LogP contribution >= 0.6 is 0 Å². The number of aromatic nitrogens is 4. The lowest BCUT2D eigenvalue weighted by Gasteiger charge is -2.35. The average molecular weight is 536 g/mol. The van der Waals surface area contributed by atoms with Gasteiger partial charge in [-0.2, -0.15) is 0 Å². The number of piperazine rings is 1. The Morgan fingerprint density at radius 2 is 1.79 bits per heavy atom. The molecule has 0 spiro atoms. The van der Waals surface area contributed by atoms with Crippen LogP contribution in [0.3, 0.4) is 0 Å². The van der Waals surface area contributed by atoms with Gasteiger partial charge < -0.3 is 29.3 Å². The van der Waals surface area contributed by atoms with E-state index in [0.717, 1.165) is 0 Å². The average Bonchev–Trinajstić information content (AvgIpc) is 3.43. The fourth-order valence-corrected chi connectivity index (χ4v) is 4.42. The second kappa shape index (κ2) is 11.8. The Labute approximate surface area is 224 Å². The van der Waals surface area contributed by atoms with Crippen molar-refractivity contribution in [2.75, 3.05) is 46.4 Å². The Bertz CT molecular complexity index is 1350. The number of nitrogens with zero attached hydrogens (tertiary/aromatic N) is 6. The largest absolute Gasteiger partial charge is 0.493 e. The molecule has 0 atom stereocenters. The summed E-state index contributed by atoms with van der Waals surface area (Å²) in [5, 5.41) is 10.9. The minimum absolute atomic E-state index is 0.0909. The third-order valence-corrected chi connectivity index (χ3v) is 6.47. The molecule has 1 fully saturated rings. The van der Waals surface area contributed by atoms with E-state index in [1.165, 1.54) is 13.3 Å². The molecule has 13 heteroatoms. The summed E-state index contributed by atoms with van der Waals surface area (Å²) in [6.07, 6.45) is 3.85. The fourth-order valence-electron chi connectivity index (χ4n) is 4.42. The Morgan fingerprint density at radius 3 is 2.62 bits per heavy atom. The first-order chi connectivity index (χ1) is 19.0. The third kappa shape index (κ3) is 5.92. The molecule has 3 aliphatic rings. The van der Waals surface area contributed by atoms with Crippen LogP contribution in [0.4, 0.5) is 0 Å². The van der Waals surface area contributed by atoms with Gasteiger partial charge in [0.25, 0.3) is 11.8 Å². The van der Waals surface area contributed by atoms with Gasteiger partial charge in [0.05, 0.1) is 32.0 Å². The number of methoxy groups -OCH3 is 1. The standard InChI is InChI=1S/C26H29N7O6/c1-37-21-6-2-5-19-24(21)39-17-18-16-33(30-29-18)9-4-14-38-20-7-3-8-27-23(20)25(35)28-15-22(34)31-10-12-32(13-11-31)26(19)36/h2-3,5-8,16H,4,9-15,17H2,1H3,(H,28,35). The van der Waals surface area contributed by atoms with Gasteiger partial charge in [-0.05, 0) is 24.3 Å². The first-order valence-electron chi connectivity index (χ1n) is 12.7. The molecule has 0 aliphatic carbocycles. The topological polar surface area (TPSA) is 141 Å². The summed E-state index contributed by atoms with van der Waals surface area (Å²) < 4.78 is 19.0. The second-order valence-electron chi connectivity index (χ2n) is 9.01. The van der Waals surface area contributed by atoms with Gasteiger partial charge in [0.1, 0.15) is 12.3 Å². The van der Waals surface area contributed by atoms with E-state index in [1.807, 2.05) is 0 Å². The highest BCUT2D eigenvalue weighted by molar-refractivity contribution is 5.98. The van der Waals surface area contributed by atoms with Crippen molar-refractivity contribution in [3.05, 3.63) is 59.7 Å². The molecule has 6 rings (SSSR count). The van der Waals surface area contributed by atoms with Crippen LogP contribution in [0, 0.1) is 0 Å². The molecule has 39 heavy (non-hydrogen) atoms. The lowest BCUT2D eigenvalue weighted by molar-refractivity contribution is -0.131. The highest BCUT2D eigenvalue weighted by Gasteiger charge is 2.28. The van der Waals surface area contributed by atoms with Gasteiger partial charge in [-0.25, -0.2) is 4.98 Å². The zero-order valence-corrected chi connectivity index (χ0v) is 21.5. The zero-order chi connectivity index (χ0) is 27.2. The van der Waals surface area contributed by atoms with E-state index >= 15 is 0 Å². The van der Waals surface area contributed by atoms with Gasteiger partial charge in [-0.15, -0.1) is 5.10 Å². The molecule has 13 nitrogen and oxygen atoms in total. The zero-order valence-electron chi connectivity index (χ0n) is 21.5. The summed E-state index contributed by atoms with van der Waals surface area (Å²) in [6, 6.07) is 8.49. The molecule has 1 N–H and O–H groups in total. The number of aryl methyl sites for hydroxylation is 1. The molecule has 4 bridgehead atoms. The molecule has 204 valence electrons. The second-order valence-corrected chi connectivity index (χ2v) is 9.01. The van der Waals surface area contributed by atoms with Crippen molar-refractivity contribution in [3.63, 3.8) is 0 Å². The number of benzene rings is 1. The SMILES string of the molecule is COc1cccc2c1OCc1cn(nn1)CCCOc1cccnc1C(=O)NCC(=O)N1CCN(CC1)C2=O. The molecule has 2 aromatic heterocycles. The predicted octanol–water partition coefficient (Wildman–Crippen LogP) is 0.758. The monoisotopic (exact) mass is 535 g/mol. The van der Waals surface area contributed by atoms with Gasteiger partial charge in [0.2, 0.25) is 5.91 Å². The van der Waals surface area contributed by atoms with Crippen LogP contribution in [0.1, 0.15) is 33.0 Å². The van der Waals surface area contributed by atoms with E-state index < -0.39 is 5.91 Å². The molecule has 3 amide bonds. The van der Waals surface area contributed by atoms with Crippen molar-refractivity contribution in [2.45, 2.75) is 19.6 Å². The van der Waals surface area contributed by atoms with Crippen molar-refractivity contribution >= 4 is 17.7 Å². The smallest absolute Gasteiger partial charge is 0.274 e. The lowest BCUT2D eigenvalue weighted by Crippen LogP contribution is -2.52. The quantitative estimate of drug-likeness (QED) is 0.478. The van der Waals surface area contributed by atoms with Crippen molar-refractivity contribution in [3.8, 4) is 17.2 Å². The van der Waals surface area contributed by atoms with Gasteiger partial charge in [0, 0.05) is 45.3 Å². The van der Waals surface area contributed by atoms with E-state index in [4.69, 9.17) is 14.2 Å². The Kier molecular flexibility index (Phi) is 7.85. The number of rotatable bonds is 1. The molecule has 0 unspecified atom stereocenters. The van der Waals surface area contributed by atoms with E-state index in [-0.39, 0.29) is 30.7 Å². The van der Waals surface area contributed by atoms with E-state index in [0.29, 0.717) is 74.3 Å². The van der Waals surface area contributed by atoms with E-state index in [1.54, 1.807) is 51.0 Å². The number of carbonyl (C=O) groups is 3. The maximum Gasteiger partial charge on any atom is 0.274 e. The number of hydrogen-bond acceptors (Lipinski definition) is 9. The number of carbonyl (C=O) groups excluding carboxylic acids is 3. The number of nitrogens with one attached hydrogen (secondary N) is 1. The predicted molar refractivity (Wildman–Crippen MR) is 137 cm³/mol. The summed E-state index contributed by atoms with van der Waals surface area (Å²) in [4.78, 5) is 46.5. The van der Waals surface area contributed by atoms with Gasteiger partial charge in [-0.3, -0.25) is 19.1 Å². The third-order valence-electron chi connectivity index (χ3n) is 6.47. The number of ether oxygens (including phenoxy) is 3. The number of pyridine rings is 1. The Balaban J connectivity index is 1.38. The number of hydrogen-bond donors (Lipinski definition) is 1. The molecule has 3 aromatic rings. The lowest BCUT2D eigenvalue weighted by atomic mass is 10.1. The first kappa shape index (κ1) is 25.9. The minimum atomic E-state index is -0.499. The van der Waals surface area contributed by atoms with Crippen LogP contribution in [-0.4, -0.2) is 93.9 Å². The molecular formula is C26H29N7O6. The van der Waals surface area contributed by atoms with Crippen LogP contribution in [0.2, 0.25) is 0 Å². The van der Waals surface area contributed by atoms with Gasteiger partial charge in [-0.1, -0.05) is 11.3 Å². The van der Waals surface area contributed by atoms with Crippen LogP contribution < -0.4 is 19.5 Å². The Hall–Kier alpha value is -4.68. The maximum absolute atomic E-state index is 13.5. The maximum atomic E-state index is 13.5. The summed E-state index contributed by atoms with van der Waals surface area (Å²) in [5.74, 6) is 0.116. The van der Waals surface area contributed by atoms with Crippen LogP contribution in [-0.2, 0) is 17.9 Å².